The number of piperidine rings is 1. The van der Waals surface area contributed by atoms with Gasteiger partial charge in [0.1, 0.15) is 11.7 Å². The maximum absolute atomic E-state index is 12.8. The Morgan fingerprint density at radius 1 is 1.27 bits per heavy atom. The minimum absolute atomic E-state index is 0.0208. The Kier molecular flexibility index (Phi) is 5.54. The molecule has 1 fully saturated rings. The van der Waals surface area contributed by atoms with Crippen molar-refractivity contribution >= 4 is 5.91 Å². The van der Waals surface area contributed by atoms with Crippen molar-refractivity contribution in [1.82, 2.24) is 14.9 Å². The second-order valence-corrected chi connectivity index (χ2v) is 8.73. The topological polar surface area (TPSA) is 73.8 Å². The normalized spacial score (nSPS) is 19.7. The predicted molar refractivity (Wildman–Crippen MR) is 112 cm³/mol. The van der Waals surface area contributed by atoms with Crippen molar-refractivity contribution in [2.45, 2.75) is 58.7 Å². The molecule has 0 aliphatic carbocycles. The number of rotatable bonds is 5. The third-order valence-corrected chi connectivity index (χ3v) is 5.37. The van der Waals surface area contributed by atoms with Gasteiger partial charge in [-0.3, -0.25) is 4.79 Å². The summed E-state index contributed by atoms with van der Waals surface area (Å²) in [6.45, 7) is 9.13. The minimum atomic E-state index is -0.251. The molecule has 160 valence electrons. The summed E-state index contributed by atoms with van der Waals surface area (Å²) in [6.07, 6.45) is 2.46. The number of ether oxygens (including phenoxy) is 3. The van der Waals surface area contributed by atoms with Crippen LogP contribution in [-0.2, 0) is 11.2 Å². The highest BCUT2D eigenvalue weighted by Gasteiger charge is 2.33. The fraction of sp³-hybridized carbons (Fsp3) is 0.522. The maximum Gasteiger partial charge on any atom is 0.317 e. The highest BCUT2D eigenvalue weighted by molar-refractivity contribution is 5.78. The number of hydrogen-bond acceptors (Lipinski definition) is 6. The maximum atomic E-state index is 12.8. The molecule has 1 atom stereocenters. The van der Waals surface area contributed by atoms with E-state index in [9.17, 15) is 4.79 Å². The summed E-state index contributed by atoms with van der Waals surface area (Å²) in [5.41, 5.74) is 2.61. The quantitative estimate of drug-likeness (QED) is 0.752. The summed E-state index contributed by atoms with van der Waals surface area (Å²) in [6, 6.07) is 8.13. The Labute approximate surface area is 177 Å². The largest absolute Gasteiger partial charge is 0.483 e. The average Bonchev–Trinajstić information content (AvgIpc) is 3.00. The molecule has 7 nitrogen and oxygen atoms in total. The van der Waals surface area contributed by atoms with Crippen molar-refractivity contribution < 1.29 is 19.0 Å². The van der Waals surface area contributed by atoms with Crippen LogP contribution in [-0.4, -0.2) is 52.2 Å². The Morgan fingerprint density at radius 3 is 2.80 bits per heavy atom. The monoisotopic (exact) mass is 411 g/mol. The first-order valence-corrected chi connectivity index (χ1v) is 10.5. The SMILES string of the molecule is Cc1cc(C)nc(OC2CCCN(C(=O)COc3cccc4c3OC(C)(C)C4)C2)n1. The molecule has 2 aliphatic heterocycles. The molecule has 3 heterocycles. The van der Waals surface area contributed by atoms with Crippen molar-refractivity contribution in [2.75, 3.05) is 19.7 Å². The molecule has 2 aliphatic rings. The van der Waals surface area contributed by atoms with Crippen LogP contribution in [0.25, 0.3) is 0 Å². The van der Waals surface area contributed by atoms with E-state index in [1.165, 1.54) is 0 Å². The number of amides is 1. The van der Waals surface area contributed by atoms with E-state index in [0.29, 0.717) is 24.8 Å². The summed E-state index contributed by atoms with van der Waals surface area (Å²) in [7, 11) is 0. The molecule has 1 saturated heterocycles. The van der Waals surface area contributed by atoms with Crippen LogP contribution in [0.2, 0.25) is 0 Å². The first-order valence-electron chi connectivity index (χ1n) is 10.5. The van der Waals surface area contributed by atoms with Crippen molar-refractivity contribution in [1.29, 1.82) is 0 Å². The van der Waals surface area contributed by atoms with Crippen LogP contribution < -0.4 is 14.2 Å². The molecule has 7 heteroatoms. The number of aromatic nitrogens is 2. The zero-order valence-electron chi connectivity index (χ0n) is 18.1. The lowest BCUT2D eigenvalue weighted by Gasteiger charge is -2.32. The molecule has 1 aromatic heterocycles. The number of aryl methyl sites for hydroxylation is 2. The molecule has 4 rings (SSSR count). The molecular weight excluding hydrogens is 382 g/mol. The van der Waals surface area contributed by atoms with Crippen LogP contribution in [0, 0.1) is 13.8 Å². The van der Waals surface area contributed by atoms with Crippen molar-refractivity contribution in [3.8, 4) is 17.5 Å². The Hall–Kier alpha value is -2.83. The van der Waals surface area contributed by atoms with Gasteiger partial charge in [0.2, 0.25) is 0 Å². The lowest BCUT2D eigenvalue weighted by molar-refractivity contribution is -0.136. The summed E-state index contributed by atoms with van der Waals surface area (Å²) in [5, 5.41) is 0. The second kappa shape index (κ2) is 8.13. The third kappa shape index (κ3) is 4.66. The zero-order chi connectivity index (χ0) is 21.3. The number of nitrogens with zero attached hydrogens (tertiary/aromatic N) is 3. The van der Waals surface area contributed by atoms with E-state index >= 15 is 0 Å². The van der Waals surface area contributed by atoms with Gasteiger partial charge in [0.15, 0.2) is 18.1 Å². The van der Waals surface area contributed by atoms with Crippen molar-refractivity contribution in [3.63, 3.8) is 0 Å². The summed E-state index contributed by atoms with van der Waals surface area (Å²) < 4.78 is 17.8. The van der Waals surface area contributed by atoms with Crippen LogP contribution in [0.4, 0.5) is 0 Å². The number of para-hydroxylation sites is 1. The van der Waals surface area contributed by atoms with Gasteiger partial charge in [-0.05, 0) is 52.7 Å². The van der Waals surface area contributed by atoms with Gasteiger partial charge in [-0.25, -0.2) is 9.97 Å². The van der Waals surface area contributed by atoms with Gasteiger partial charge >= 0.3 is 6.01 Å². The van der Waals surface area contributed by atoms with Gasteiger partial charge in [0, 0.05) is 29.9 Å². The van der Waals surface area contributed by atoms with Gasteiger partial charge < -0.3 is 19.1 Å². The summed E-state index contributed by atoms with van der Waals surface area (Å²) >= 11 is 0. The molecule has 0 bridgehead atoms. The molecule has 1 aromatic carbocycles. The van der Waals surface area contributed by atoms with Gasteiger partial charge in [-0.1, -0.05) is 12.1 Å². The van der Waals surface area contributed by atoms with Crippen molar-refractivity contribution in [3.05, 3.63) is 41.2 Å². The highest BCUT2D eigenvalue weighted by atomic mass is 16.5. The smallest absolute Gasteiger partial charge is 0.317 e. The third-order valence-electron chi connectivity index (χ3n) is 5.37. The molecule has 0 saturated carbocycles. The summed E-state index contributed by atoms with van der Waals surface area (Å²) in [4.78, 5) is 23.3. The Balaban J connectivity index is 1.35. The second-order valence-electron chi connectivity index (χ2n) is 8.73. The van der Waals surface area contributed by atoms with E-state index in [1.54, 1.807) is 4.90 Å². The number of fused-ring (bicyclic) bond motifs is 1. The molecule has 0 N–H and O–H groups in total. The van der Waals surface area contributed by atoms with E-state index in [0.717, 1.165) is 42.0 Å². The number of benzene rings is 1. The zero-order valence-corrected chi connectivity index (χ0v) is 18.1. The molecule has 30 heavy (non-hydrogen) atoms. The predicted octanol–water partition coefficient (Wildman–Crippen LogP) is 3.26. The molecular formula is C23H29N3O4. The Morgan fingerprint density at radius 2 is 2.03 bits per heavy atom. The summed E-state index contributed by atoms with van der Waals surface area (Å²) in [5.74, 6) is 1.32. The van der Waals surface area contributed by atoms with Crippen LogP contribution >= 0.6 is 0 Å². The van der Waals surface area contributed by atoms with E-state index in [-0.39, 0.29) is 24.2 Å². The molecule has 0 radical (unpaired) electrons. The lowest BCUT2D eigenvalue weighted by Crippen LogP contribution is -2.46. The van der Waals surface area contributed by atoms with E-state index in [1.807, 2.05) is 38.1 Å². The van der Waals surface area contributed by atoms with Crippen LogP contribution in [0.5, 0.6) is 17.5 Å². The Bertz CT molecular complexity index is 924. The van der Waals surface area contributed by atoms with Gasteiger partial charge in [-0.15, -0.1) is 0 Å². The van der Waals surface area contributed by atoms with Gasteiger partial charge in [0.05, 0.1) is 6.54 Å². The minimum Gasteiger partial charge on any atom is -0.483 e. The number of carbonyl (C=O) groups is 1. The molecule has 0 spiro atoms. The average molecular weight is 412 g/mol. The molecule has 1 unspecified atom stereocenters. The number of hydrogen-bond donors (Lipinski definition) is 0. The number of likely N-dealkylation sites (tertiary alicyclic amines) is 1. The fourth-order valence-corrected chi connectivity index (χ4v) is 4.09. The van der Waals surface area contributed by atoms with Gasteiger partial charge in [0.25, 0.3) is 5.91 Å². The first-order chi connectivity index (χ1) is 14.3. The lowest BCUT2D eigenvalue weighted by atomic mass is 10.0. The van der Waals surface area contributed by atoms with E-state index in [4.69, 9.17) is 14.2 Å². The standard InChI is InChI=1S/C23H29N3O4/c1-15-11-16(2)25-22(24-15)29-18-8-6-10-26(13-18)20(27)14-28-19-9-5-7-17-12-23(3,4)30-21(17)19/h5,7,9,11,18H,6,8,10,12-14H2,1-4H3. The molecule has 2 aromatic rings. The van der Waals surface area contributed by atoms with Crippen molar-refractivity contribution in [2.24, 2.45) is 0 Å². The fourth-order valence-electron chi connectivity index (χ4n) is 4.09. The van der Waals surface area contributed by atoms with E-state index < -0.39 is 0 Å². The highest BCUT2D eigenvalue weighted by Crippen LogP contribution is 2.41. The number of carbonyl (C=O) groups excluding carboxylic acids is 1. The first kappa shape index (κ1) is 20.4. The van der Waals surface area contributed by atoms with Crippen LogP contribution in [0.1, 0.15) is 43.6 Å². The van der Waals surface area contributed by atoms with Crippen LogP contribution in [0.3, 0.4) is 0 Å². The van der Waals surface area contributed by atoms with Gasteiger partial charge in [-0.2, -0.15) is 0 Å². The van der Waals surface area contributed by atoms with E-state index in [2.05, 4.69) is 23.8 Å². The molecule has 1 amide bonds. The van der Waals surface area contributed by atoms with Crippen LogP contribution in [0.15, 0.2) is 24.3 Å².